The van der Waals surface area contributed by atoms with Crippen LogP contribution >= 0.6 is 23.2 Å². The highest BCUT2D eigenvalue weighted by molar-refractivity contribution is 6.30. The maximum absolute atomic E-state index is 13.0. The van der Waals surface area contributed by atoms with Gasteiger partial charge in [-0.1, -0.05) is 32.9 Å². The maximum Gasteiger partial charge on any atom is 0.232 e. The molecule has 7 atom stereocenters. The molecule has 3 fully saturated rings. The molecular weight excluding hydrogens is 389 g/mol. The van der Waals surface area contributed by atoms with Crippen LogP contribution in [0.2, 0.25) is 0 Å². The van der Waals surface area contributed by atoms with E-state index in [9.17, 15) is 19.5 Å². The molecule has 1 heterocycles. The monoisotopic (exact) mass is 415 g/mol. The van der Waals surface area contributed by atoms with Crippen LogP contribution in [0.4, 0.5) is 0 Å². The van der Waals surface area contributed by atoms with Crippen LogP contribution in [0, 0.1) is 28.6 Å². The van der Waals surface area contributed by atoms with Crippen LogP contribution in [0.25, 0.3) is 0 Å². The summed E-state index contributed by atoms with van der Waals surface area (Å²) in [5.74, 6) is -1.93. The van der Waals surface area contributed by atoms with Crippen molar-refractivity contribution in [2.24, 2.45) is 28.6 Å². The molecule has 7 heteroatoms. The van der Waals surface area contributed by atoms with Crippen molar-refractivity contribution in [2.45, 2.75) is 63.3 Å². The smallest absolute Gasteiger partial charge is 0.232 e. The zero-order chi connectivity index (χ0) is 20.3. The molecule has 0 bridgehead atoms. The predicted molar refractivity (Wildman–Crippen MR) is 103 cm³/mol. The van der Waals surface area contributed by atoms with Crippen molar-refractivity contribution in [3.05, 3.63) is 12.2 Å². The van der Waals surface area contributed by atoms with Gasteiger partial charge in [0.05, 0.1) is 22.8 Å². The number of allylic oxidation sites excluding steroid dienone is 1. The number of amides is 2. The van der Waals surface area contributed by atoms with E-state index < -0.39 is 28.8 Å². The van der Waals surface area contributed by atoms with E-state index in [1.54, 1.807) is 0 Å². The molecule has 2 aliphatic carbocycles. The summed E-state index contributed by atoms with van der Waals surface area (Å²) in [6, 6.07) is 0. The van der Waals surface area contributed by atoms with Gasteiger partial charge in [0.25, 0.3) is 0 Å². The first-order valence-corrected chi connectivity index (χ1v) is 10.3. The fraction of sp³-hybridized carbons (Fsp3) is 0.750. The number of carbonyl (C=O) groups is 3. The lowest BCUT2D eigenvalue weighted by Crippen LogP contribution is -2.60. The number of aliphatic hydroxyl groups is 1. The van der Waals surface area contributed by atoms with Gasteiger partial charge in [-0.3, -0.25) is 19.7 Å². The maximum atomic E-state index is 13.0. The number of imide groups is 1. The second-order valence-electron chi connectivity index (χ2n) is 9.26. The summed E-state index contributed by atoms with van der Waals surface area (Å²) in [5, 5.41) is 12.3. The van der Waals surface area contributed by atoms with Crippen LogP contribution in [0.3, 0.4) is 0 Å². The van der Waals surface area contributed by atoms with Crippen LogP contribution in [0.15, 0.2) is 12.2 Å². The highest BCUT2D eigenvalue weighted by Crippen LogP contribution is 2.62. The van der Waals surface area contributed by atoms with E-state index in [1.807, 2.05) is 20.8 Å². The van der Waals surface area contributed by atoms with Crippen molar-refractivity contribution in [2.75, 3.05) is 0 Å². The van der Waals surface area contributed by atoms with E-state index in [1.165, 1.54) is 0 Å². The lowest BCUT2D eigenvalue weighted by Gasteiger charge is -2.59. The number of carbonyl (C=O) groups excluding carboxylic acids is 3. The Labute approximate surface area is 169 Å². The quantitative estimate of drug-likeness (QED) is 0.421. The predicted octanol–water partition coefficient (Wildman–Crippen LogP) is 2.81. The molecule has 2 saturated carbocycles. The number of hydrogen-bond acceptors (Lipinski definition) is 4. The van der Waals surface area contributed by atoms with Gasteiger partial charge in [0.1, 0.15) is 5.78 Å². The van der Waals surface area contributed by atoms with Crippen LogP contribution < -0.4 is 5.32 Å². The average molecular weight is 416 g/mol. The Balaban J connectivity index is 1.92. The number of hydrogen-bond donors (Lipinski definition) is 2. The van der Waals surface area contributed by atoms with E-state index >= 15 is 0 Å². The Morgan fingerprint density at radius 3 is 2.44 bits per heavy atom. The van der Waals surface area contributed by atoms with E-state index in [0.29, 0.717) is 6.42 Å². The van der Waals surface area contributed by atoms with Gasteiger partial charge in [-0.2, -0.15) is 0 Å². The Morgan fingerprint density at radius 1 is 1.26 bits per heavy atom. The SMILES string of the molecule is C=C1CC(=O)[C@H]2C(C)(C)[C@@H](Cl)[C@H](Cl)C[C@]2(C)[C@H]1C[C@H](O)[C@H]1CC(=O)NC1=O. The van der Waals surface area contributed by atoms with Crippen LogP contribution in [0.1, 0.15) is 46.5 Å². The second-order valence-corrected chi connectivity index (χ2v) is 10.3. The van der Waals surface area contributed by atoms with Crippen molar-refractivity contribution >= 4 is 40.8 Å². The first-order valence-electron chi connectivity index (χ1n) is 9.40. The largest absolute Gasteiger partial charge is 0.392 e. The van der Waals surface area contributed by atoms with Crippen molar-refractivity contribution < 1.29 is 19.5 Å². The topological polar surface area (TPSA) is 83.5 Å². The Kier molecular flexibility index (Phi) is 5.28. The molecule has 1 saturated heterocycles. The number of rotatable bonds is 3. The molecule has 2 amide bonds. The third kappa shape index (κ3) is 3.26. The number of ketones is 1. The normalized spacial score (nSPS) is 42.7. The van der Waals surface area contributed by atoms with Gasteiger partial charge >= 0.3 is 0 Å². The van der Waals surface area contributed by atoms with Crippen LogP contribution in [-0.4, -0.2) is 39.6 Å². The highest BCUT2D eigenvalue weighted by atomic mass is 35.5. The Morgan fingerprint density at radius 2 is 1.89 bits per heavy atom. The molecule has 0 aromatic heterocycles. The first kappa shape index (κ1) is 20.8. The number of nitrogens with one attached hydrogen (secondary N) is 1. The molecular formula is C20H27Cl2NO4. The summed E-state index contributed by atoms with van der Waals surface area (Å²) in [5.41, 5.74) is -0.244. The summed E-state index contributed by atoms with van der Waals surface area (Å²) >= 11 is 13.2. The Hall–Kier alpha value is -0.910. The third-order valence-electron chi connectivity index (χ3n) is 7.03. The molecule has 0 spiro atoms. The first-order chi connectivity index (χ1) is 12.4. The zero-order valence-electron chi connectivity index (χ0n) is 15.9. The highest BCUT2D eigenvalue weighted by Gasteiger charge is 2.62. The minimum atomic E-state index is -0.977. The number of fused-ring (bicyclic) bond motifs is 1. The van der Waals surface area contributed by atoms with Gasteiger partial charge < -0.3 is 5.11 Å². The van der Waals surface area contributed by atoms with Crippen LogP contribution in [0.5, 0.6) is 0 Å². The molecule has 1 aliphatic heterocycles. The second kappa shape index (κ2) is 6.85. The molecule has 0 unspecified atom stereocenters. The summed E-state index contributed by atoms with van der Waals surface area (Å²) in [4.78, 5) is 36.4. The lowest BCUT2D eigenvalue weighted by atomic mass is 9.46. The fourth-order valence-electron chi connectivity index (χ4n) is 5.88. The number of alkyl halides is 2. The van der Waals surface area contributed by atoms with E-state index in [-0.39, 0.29) is 53.5 Å². The molecule has 5 nitrogen and oxygen atoms in total. The van der Waals surface area contributed by atoms with Crippen molar-refractivity contribution in [3.8, 4) is 0 Å². The van der Waals surface area contributed by atoms with Gasteiger partial charge in [0.15, 0.2) is 0 Å². The third-order valence-corrected chi connectivity index (χ3v) is 8.43. The van der Waals surface area contributed by atoms with Gasteiger partial charge in [-0.25, -0.2) is 0 Å². The molecule has 150 valence electrons. The van der Waals surface area contributed by atoms with E-state index in [0.717, 1.165) is 5.57 Å². The number of Topliss-reactive ketones (excluding diaryl/α,β-unsaturated/α-hetero) is 1. The van der Waals surface area contributed by atoms with E-state index in [2.05, 4.69) is 11.9 Å². The zero-order valence-corrected chi connectivity index (χ0v) is 17.4. The molecule has 27 heavy (non-hydrogen) atoms. The standard InChI is InChI=1S/C20H27Cl2NO4/c1-9-5-14(25)16-19(2,3)17(22)12(21)8-20(16,4)11(9)7-13(24)10-6-15(26)23-18(10)27/h10-13,16-17,24H,1,5-8H2,2-4H3,(H,23,26,27)/t10-,11+,12-,13+,16+,17+,20-/m1/s1. The van der Waals surface area contributed by atoms with Gasteiger partial charge in [0, 0.05) is 18.8 Å². The lowest BCUT2D eigenvalue weighted by molar-refractivity contribution is -0.144. The molecule has 3 rings (SSSR count). The van der Waals surface area contributed by atoms with Gasteiger partial charge in [-0.05, 0) is 29.6 Å². The van der Waals surface area contributed by atoms with Gasteiger partial charge in [0.2, 0.25) is 11.8 Å². The summed E-state index contributed by atoms with van der Waals surface area (Å²) < 4.78 is 0. The number of halogens is 2. The molecule has 0 radical (unpaired) electrons. The minimum Gasteiger partial charge on any atom is -0.392 e. The summed E-state index contributed by atoms with van der Waals surface area (Å²) in [6.45, 7) is 10.1. The average Bonchev–Trinajstić information content (AvgIpc) is 2.87. The summed E-state index contributed by atoms with van der Waals surface area (Å²) in [7, 11) is 0. The molecule has 0 aromatic rings. The van der Waals surface area contributed by atoms with Crippen molar-refractivity contribution in [1.82, 2.24) is 5.32 Å². The molecule has 2 N–H and O–H groups in total. The fourth-order valence-corrected chi connectivity index (χ4v) is 6.76. The van der Waals surface area contributed by atoms with Gasteiger partial charge in [-0.15, -0.1) is 23.2 Å². The molecule has 0 aromatic carbocycles. The number of aliphatic hydroxyl groups excluding tert-OH is 1. The van der Waals surface area contributed by atoms with Crippen LogP contribution in [-0.2, 0) is 14.4 Å². The van der Waals surface area contributed by atoms with Crippen molar-refractivity contribution in [3.63, 3.8) is 0 Å². The van der Waals surface area contributed by atoms with Crippen molar-refractivity contribution in [1.29, 1.82) is 0 Å². The minimum absolute atomic E-state index is 0.00829. The Bertz CT molecular complexity index is 706. The summed E-state index contributed by atoms with van der Waals surface area (Å²) in [6.07, 6.45) is 0.0693. The van der Waals surface area contributed by atoms with E-state index in [4.69, 9.17) is 23.2 Å². The molecule has 3 aliphatic rings.